The second-order valence-electron chi connectivity index (χ2n) is 6.09. The van der Waals surface area contributed by atoms with Crippen molar-refractivity contribution in [1.82, 2.24) is 0 Å². The van der Waals surface area contributed by atoms with Crippen molar-refractivity contribution in [3.05, 3.63) is 107 Å². The molecule has 0 saturated carbocycles. The maximum absolute atomic E-state index is 12.2. The molecule has 3 aromatic rings. The molecule has 0 radical (unpaired) electrons. The number of ether oxygens (including phenoxy) is 1. The van der Waals surface area contributed by atoms with E-state index < -0.39 is 4.92 Å². The van der Waals surface area contributed by atoms with Crippen LogP contribution in [0.15, 0.2) is 72.8 Å². The van der Waals surface area contributed by atoms with E-state index in [1.54, 1.807) is 36.4 Å². The molecule has 7 heteroatoms. The van der Waals surface area contributed by atoms with Gasteiger partial charge in [0.05, 0.1) is 12.1 Å². The molecule has 0 fully saturated rings. The van der Waals surface area contributed by atoms with Crippen LogP contribution < -0.4 is 4.74 Å². The molecule has 146 valence electrons. The number of nitro benzene ring substituents is 1. The van der Waals surface area contributed by atoms with Gasteiger partial charge in [0.25, 0.3) is 5.69 Å². The Hall–Kier alpha value is -2.27. The van der Waals surface area contributed by atoms with Crippen LogP contribution in [0.3, 0.4) is 0 Å². The summed E-state index contributed by atoms with van der Waals surface area (Å²) in [5, 5.41) is 10.7. The Balaban J connectivity index is 1.69. The monoisotopic (exact) mass is 611 g/mol. The molecular weight excluding hydrogens is 596 g/mol. The Morgan fingerprint density at radius 2 is 1.62 bits per heavy atom. The van der Waals surface area contributed by atoms with E-state index in [-0.39, 0.29) is 11.5 Å². The number of rotatable bonds is 7. The van der Waals surface area contributed by atoms with Gasteiger partial charge in [-0.25, -0.2) is 0 Å². The van der Waals surface area contributed by atoms with Crippen LogP contribution in [0.1, 0.15) is 21.5 Å². The van der Waals surface area contributed by atoms with E-state index in [0.29, 0.717) is 12.2 Å². The third-order valence-corrected chi connectivity index (χ3v) is 5.64. The van der Waals surface area contributed by atoms with Gasteiger partial charge in [-0.15, -0.1) is 0 Å². The number of halogens is 2. The normalized spacial score (nSPS) is 10.8. The van der Waals surface area contributed by atoms with Crippen molar-refractivity contribution >= 4 is 62.7 Å². The molecule has 0 aliphatic heterocycles. The number of non-ortho nitro benzene ring substituents is 1. The molecule has 0 spiro atoms. The van der Waals surface area contributed by atoms with Gasteiger partial charge >= 0.3 is 0 Å². The summed E-state index contributed by atoms with van der Waals surface area (Å²) < 4.78 is 7.77. The lowest BCUT2D eigenvalue weighted by atomic mass is 10.1. The first-order valence-corrected chi connectivity index (χ1v) is 10.7. The van der Waals surface area contributed by atoms with Gasteiger partial charge in [0, 0.05) is 17.7 Å². The van der Waals surface area contributed by atoms with Gasteiger partial charge in [0.2, 0.25) is 0 Å². The third-order valence-electron chi connectivity index (χ3n) is 4.04. The Bertz CT molecular complexity index is 1040. The highest BCUT2D eigenvalue weighted by Gasteiger charge is 2.10. The van der Waals surface area contributed by atoms with Crippen LogP contribution in [-0.2, 0) is 6.61 Å². The fourth-order valence-electron chi connectivity index (χ4n) is 2.55. The minimum absolute atomic E-state index is 0.0471. The van der Waals surface area contributed by atoms with E-state index in [4.69, 9.17) is 4.74 Å². The average molecular weight is 611 g/mol. The van der Waals surface area contributed by atoms with Crippen LogP contribution in [0.4, 0.5) is 5.69 Å². The number of hydrogen-bond donors (Lipinski definition) is 0. The molecule has 3 rings (SSSR count). The minimum atomic E-state index is -0.425. The van der Waals surface area contributed by atoms with E-state index in [9.17, 15) is 14.9 Å². The van der Waals surface area contributed by atoms with Crippen molar-refractivity contribution in [3.8, 4) is 5.75 Å². The molecule has 0 bridgehead atoms. The van der Waals surface area contributed by atoms with Crippen molar-refractivity contribution in [3.63, 3.8) is 0 Å². The van der Waals surface area contributed by atoms with E-state index in [0.717, 1.165) is 24.0 Å². The Kier molecular flexibility index (Phi) is 7.37. The SMILES string of the molecule is O=C(/C=C/c1cc(I)c(OCc2ccc([N+](=O)[O-])cc2)c(I)c1)c1ccccc1. The fourth-order valence-corrected chi connectivity index (χ4v) is 4.68. The first-order chi connectivity index (χ1) is 13.9. The van der Waals surface area contributed by atoms with Crippen LogP contribution >= 0.6 is 45.2 Å². The van der Waals surface area contributed by atoms with Crippen molar-refractivity contribution in [2.24, 2.45) is 0 Å². The first-order valence-electron chi connectivity index (χ1n) is 8.56. The zero-order valence-electron chi connectivity index (χ0n) is 15.0. The minimum Gasteiger partial charge on any atom is -0.487 e. The van der Waals surface area contributed by atoms with Gasteiger partial charge in [0.15, 0.2) is 5.78 Å². The largest absolute Gasteiger partial charge is 0.487 e. The lowest BCUT2D eigenvalue weighted by Gasteiger charge is -2.11. The summed E-state index contributed by atoms with van der Waals surface area (Å²) in [6.45, 7) is 0.311. The number of carbonyl (C=O) groups excluding carboxylic acids is 1. The molecule has 0 aliphatic carbocycles. The summed E-state index contributed by atoms with van der Waals surface area (Å²) in [5.41, 5.74) is 2.46. The number of nitrogens with zero attached hydrogens (tertiary/aromatic N) is 1. The van der Waals surface area contributed by atoms with E-state index in [1.807, 2.05) is 30.3 Å². The number of ketones is 1. The number of benzene rings is 3. The number of hydrogen-bond acceptors (Lipinski definition) is 4. The highest BCUT2D eigenvalue weighted by Crippen LogP contribution is 2.30. The molecule has 29 heavy (non-hydrogen) atoms. The predicted octanol–water partition coefficient (Wildman–Crippen LogP) is 6.28. The van der Waals surface area contributed by atoms with Crippen LogP contribution in [0.25, 0.3) is 6.08 Å². The van der Waals surface area contributed by atoms with Crippen molar-refractivity contribution in [2.75, 3.05) is 0 Å². The summed E-state index contributed by atoms with van der Waals surface area (Å²) in [6, 6.07) is 19.3. The third kappa shape index (κ3) is 5.86. The summed E-state index contributed by atoms with van der Waals surface area (Å²) in [5.74, 6) is 0.699. The van der Waals surface area contributed by atoms with Gasteiger partial charge in [-0.1, -0.05) is 36.4 Å². The summed E-state index contributed by atoms with van der Waals surface area (Å²) >= 11 is 4.40. The Labute approximate surface area is 195 Å². The molecular formula is C22H15I2NO4. The number of allylic oxidation sites excluding steroid dienone is 1. The van der Waals surface area contributed by atoms with Crippen LogP contribution in [0, 0.1) is 17.3 Å². The predicted molar refractivity (Wildman–Crippen MR) is 129 cm³/mol. The highest BCUT2D eigenvalue weighted by atomic mass is 127. The van der Waals surface area contributed by atoms with Crippen molar-refractivity contribution in [2.45, 2.75) is 6.61 Å². The Morgan fingerprint density at radius 1 is 1.00 bits per heavy atom. The lowest BCUT2D eigenvalue weighted by molar-refractivity contribution is -0.384. The van der Waals surface area contributed by atoms with Gasteiger partial charge in [-0.05, 0) is 86.7 Å². The van der Waals surface area contributed by atoms with Crippen LogP contribution in [-0.4, -0.2) is 10.7 Å². The van der Waals surface area contributed by atoms with Crippen LogP contribution in [0.2, 0.25) is 0 Å². The summed E-state index contributed by atoms with van der Waals surface area (Å²) in [4.78, 5) is 22.5. The molecule has 0 atom stereocenters. The van der Waals surface area contributed by atoms with Gasteiger partial charge in [-0.3, -0.25) is 14.9 Å². The fraction of sp³-hybridized carbons (Fsp3) is 0.0455. The topological polar surface area (TPSA) is 69.4 Å². The maximum atomic E-state index is 12.2. The molecule has 0 aromatic heterocycles. The molecule has 0 heterocycles. The quantitative estimate of drug-likeness (QED) is 0.104. The molecule has 0 saturated heterocycles. The second kappa shape index (κ2) is 9.97. The standard InChI is InChI=1S/C22H15I2NO4/c23-19-12-16(8-11-21(26)17-4-2-1-3-5-17)13-20(24)22(19)29-14-15-6-9-18(10-7-15)25(27)28/h1-13H,14H2/b11-8+. The Morgan fingerprint density at radius 3 is 2.21 bits per heavy atom. The number of nitro groups is 1. The maximum Gasteiger partial charge on any atom is 0.269 e. The van der Waals surface area contributed by atoms with Crippen LogP contribution in [0.5, 0.6) is 5.75 Å². The second-order valence-corrected chi connectivity index (χ2v) is 8.41. The van der Waals surface area contributed by atoms with Gasteiger partial charge in [0.1, 0.15) is 12.4 Å². The van der Waals surface area contributed by atoms with E-state index in [2.05, 4.69) is 45.2 Å². The smallest absolute Gasteiger partial charge is 0.269 e. The first kappa shape index (κ1) is 21.4. The zero-order chi connectivity index (χ0) is 20.8. The van der Waals surface area contributed by atoms with Crippen molar-refractivity contribution in [1.29, 1.82) is 0 Å². The van der Waals surface area contributed by atoms with Crippen molar-refractivity contribution < 1.29 is 14.5 Å². The molecule has 0 aliphatic rings. The van der Waals surface area contributed by atoms with Gasteiger partial charge < -0.3 is 4.74 Å². The molecule has 0 unspecified atom stereocenters. The highest BCUT2D eigenvalue weighted by molar-refractivity contribution is 14.1. The molecule has 5 nitrogen and oxygen atoms in total. The number of carbonyl (C=O) groups is 1. The zero-order valence-corrected chi connectivity index (χ0v) is 19.4. The van der Waals surface area contributed by atoms with Gasteiger partial charge in [-0.2, -0.15) is 0 Å². The summed E-state index contributed by atoms with van der Waals surface area (Å²) in [6.07, 6.45) is 3.36. The molecule has 3 aromatic carbocycles. The van der Waals surface area contributed by atoms with E-state index in [1.165, 1.54) is 12.1 Å². The molecule has 0 amide bonds. The van der Waals surface area contributed by atoms with E-state index >= 15 is 0 Å². The average Bonchev–Trinajstić information content (AvgIpc) is 2.72. The summed E-state index contributed by atoms with van der Waals surface area (Å²) in [7, 11) is 0. The molecule has 0 N–H and O–H groups in total. The lowest BCUT2D eigenvalue weighted by Crippen LogP contribution is -2.00.